The molecule has 0 radical (unpaired) electrons. The Labute approximate surface area is 70.4 Å². The van der Waals surface area contributed by atoms with Gasteiger partial charge in [-0.3, -0.25) is 0 Å². The molecule has 0 aliphatic rings. The maximum atomic E-state index is 10.5. The van der Waals surface area contributed by atoms with Crippen LogP contribution in [0, 0.1) is 0 Å². The van der Waals surface area contributed by atoms with Gasteiger partial charge in [0.2, 0.25) is 0 Å². The van der Waals surface area contributed by atoms with Gasteiger partial charge in [0.25, 0.3) is 0 Å². The van der Waals surface area contributed by atoms with E-state index >= 15 is 0 Å². The van der Waals surface area contributed by atoms with Crippen LogP contribution in [0.5, 0.6) is 0 Å². The van der Waals surface area contributed by atoms with Crippen LogP contribution in [0.1, 0.15) is 0 Å². The third kappa shape index (κ3) is 4.34. The van der Waals surface area contributed by atoms with Gasteiger partial charge < -0.3 is 4.74 Å². The first-order valence-corrected chi connectivity index (χ1v) is 3.14. The van der Waals surface area contributed by atoms with E-state index in [9.17, 15) is 4.79 Å². The fourth-order valence-electron chi connectivity index (χ4n) is 0.200. The van der Waals surface area contributed by atoms with E-state index < -0.39 is 6.09 Å². The van der Waals surface area contributed by atoms with Gasteiger partial charge in [-0.05, 0) is 31.7 Å². The lowest BCUT2D eigenvalue weighted by Crippen LogP contribution is -2.09. The third-order valence-electron chi connectivity index (χ3n) is 0.547. The SMILES string of the molecule is C=CC=COC(=O)N(S)S. The Bertz CT molecular complexity index is 156. The van der Waals surface area contributed by atoms with Gasteiger partial charge >= 0.3 is 6.09 Å². The van der Waals surface area contributed by atoms with Crippen LogP contribution in [0.15, 0.2) is 25.0 Å². The van der Waals surface area contributed by atoms with Crippen molar-refractivity contribution in [3.05, 3.63) is 25.0 Å². The van der Waals surface area contributed by atoms with Gasteiger partial charge in [-0.2, -0.15) is 3.71 Å². The average Bonchev–Trinajstić information content (AvgIpc) is 1.88. The quantitative estimate of drug-likeness (QED) is 0.383. The summed E-state index contributed by atoms with van der Waals surface area (Å²) in [5.74, 6) is 0. The first kappa shape index (κ1) is 9.45. The van der Waals surface area contributed by atoms with E-state index in [4.69, 9.17) is 0 Å². The summed E-state index contributed by atoms with van der Waals surface area (Å²) in [5.41, 5.74) is 0. The van der Waals surface area contributed by atoms with Gasteiger partial charge in [-0.1, -0.05) is 12.7 Å². The second-order valence-electron chi connectivity index (χ2n) is 1.24. The van der Waals surface area contributed by atoms with Crippen molar-refractivity contribution in [1.29, 1.82) is 0 Å². The molecular formula is C5H7NO2S2. The summed E-state index contributed by atoms with van der Waals surface area (Å²) in [6, 6.07) is 0. The summed E-state index contributed by atoms with van der Waals surface area (Å²) < 4.78 is 5.16. The molecule has 0 unspecified atom stereocenters. The molecule has 0 fully saturated rings. The van der Waals surface area contributed by atoms with Crippen molar-refractivity contribution in [2.75, 3.05) is 0 Å². The molecule has 0 bridgehead atoms. The number of hydrogen-bond acceptors (Lipinski definition) is 4. The average molecular weight is 177 g/mol. The van der Waals surface area contributed by atoms with Crippen LogP contribution in [0.2, 0.25) is 0 Å². The number of rotatable bonds is 2. The Hall–Kier alpha value is -0.550. The maximum absolute atomic E-state index is 10.5. The Kier molecular flexibility index (Phi) is 4.96. The summed E-state index contributed by atoms with van der Waals surface area (Å²) in [5, 5.41) is 0. The number of nitrogens with zero attached hydrogens (tertiary/aromatic N) is 1. The van der Waals surface area contributed by atoms with Crippen molar-refractivity contribution in [2.45, 2.75) is 0 Å². The molecule has 5 heteroatoms. The van der Waals surface area contributed by atoms with E-state index in [2.05, 4.69) is 36.9 Å². The fraction of sp³-hybridized carbons (Fsp3) is 0. The molecule has 0 heterocycles. The van der Waals surface area contributed by atoms with Crippen molar-refractivity contribution in [2.24, 2.45) is 0 Å². The molecule has 0 saturated carbocycles. The molecule has 0 aromatic heterocycles. The minimum absolute atomic E-state index is 0.662. The Morgan fingerprint density at radius 3 is 2.60 bits per heavy atom. The highest BCUT2D eigenvalue weighted by Crippen LogP contribution is 2.00. The molecule has 0 aliphatic heterocycles. The molecule has 0 N–H and O–H groups in total. The molecule has 0 spiro atoms. The van der Waals surface area contributed by atoms with Crippen LogP contribution in [0.3, 0.4) is 0 Å². The number of carbonyl (C=O) groups is 1. The zero-order chi connectivity index (χ0) is 7.98. The minimum Gasteiger partial charge on any atom is -0.417 e. The fourth-order valence-corrected chi connectivity index (χ4v) is 0.294. The number of thiol groups is 2. The lowest BCUT2D eigenvalue weighted by molar-refractivity contribution is 0.182. The van der Waals surface area contributed by atoms with Gasteiger partial charge in [0, 0.05) is 0 Å². The Morgan fingerprint density at radius 2 is 2.20 bits per heavy atom. The number of allylic oxidation sites excluding steroid dienone is 2. The molecule has 56 valence electrons. The summed E-state index contributed by atoms with van der Waals surface area (Å²) in [6.45, 7) is 3.37. The molecule has 0 atom stereocenters. The minimum atomic E-state index is -0.662. The molecule has 1 amide bonds. The third-order valence-corrected chi connectivity index (χ3v) is 0.873. The Balaban J connectivity index is 3.59. The molecule has 10 heavy (non-hydrogen) atoms. The zero-order valence-corrected chi connectivity index (χ0v) is 6.89. The predicted octanol–water partition coefficient (Wildman–Crippen LogP) is 1.81. The van der Waals surface area contributed by atoms with Crippen LogP contribution in [0.25, 0.3) is 0 Å². The van der Waals surface area contributed by atoms with Crippen molar-refractivity contribution in [3.63, 3.8) is 0 Å². The lowest BCUT2D eigenvalue weighted by Gasteiger charge is -2.02. The topological polar surface area (TPSA) is 29.5 Å². The Morgan fingerprint density at radius 1 is 1.60 bits per heavy atom. The van der Waals surface area contributed by atoms with Crippen molar-refractivity contribution >= 4 is 31.7 Å². The monoisotopic (exact) mass is 177 g/mol. The van der Waals surface area contributed by atoms with Crippen LogP contribution >= 0.6 is 25.6 Å². The number of ether oxygens (including phenoxy) is 1. The van der Waals surface area contributed by atoms with Crippen molar-refractivity contribution in [1.82, 2.24) is 3.71 Å². The molecule has 0 aromatic carbocycles. The van der Waals surface area contributed by atoms with Crippen LogP contribution in [-0.4, -0.2) is 9.80 Å². The second-order valence-corrected chi connectivity index (χ2v) is 2.35. The number of carbonyl (C=O) groups excluding carboxylic acids is 1. The largest absolute Gasteiger partial charge is 0.434 e. The zero-order valence-electron chi connectivity index (χ0n) is 5.10. The van der Waals surface area contributed by atoms with E-state index in [0.717, 1.165) is 3.71 Å². The van der Waals surface area contributed by atoms with Gasteiger partial charge in [-0.25, -0.2) is 4.79 Å². The molecule has 0 saturated heterocycles. The highest BCUT2D eigenvalue weighted by Gasteiger charge is 2.02. The maximum Gasteiger partial charge on any atom is 0.434 e. The van der Waals surface area contributed by atoms with Gasteiger partial charge in [-0.15, -0.1) is 0 Å². The van der Waals surface area contributed by atoms with E-state index in [1.807, 2.05) is 0 Å². The van der Waals surface area contributed by atoms with Crippen molar-refractivity contribution < 1.29 is 9.53 Å². The first-order chi connectivity index (χ1) is 4.68. The highest BCUT2D eigenvalue weighted by molar-refractivity contribution is 7.94. The molecular weight excluding hydrogens is 170 g/mol. The summed E-state index contributed by atoms with van der Waals surface area (Å²) >= 11 is 7.12. The van der Waals surface area contributed by atoms with Gasteiger partial charge in [0.05, 0.1) is 6.26 Å². The predicted molar refractivity (Wildman–Crippen MR) is 45.6 cm³/mol. The van der Waals surface area contributed by atoms with Crippen LogP contribution in [-0.2, 0) is 4.74 Å². The second kappa shape index (κ2) is 5.25. The van der Waals surface area contributed by atoms with E-state index in [1.54, 1.807) is 0 Å². The number of amides is 1. The van der Waals surface area contributed by atoms with Crippen LogP contribution < -0.4 is 0 Å². The van der Waals surface area contributed by atoms with E-state index in [1.165, 1.54) is 18.4 Å². The van der Waals surface area contributed by atoms with Gasteiger partial charge in [0.15, 0.2) is 0 Å². The van der Waals surface area contributed by atoms with Crippen LogP contribution in [0.4, 0.5) is 4.79 Å². The summed E-state index contributed by atoms with van der Waals surface area (Å²) in [6.07, 6.45) is 3.48. The van der Waals surface area contributed by atoms with E-state index in [0.29, 0.717) is 0 Å². The van der Waals surface area contributed by atoms with E-state index in [-0.39, 0.29) is 0 Å². The molecule has 0 rings (SSSR count). The van der Waals surface area contributed by atoms with Gasteiger partial charge in [0.1, 0.15) is 0 Å². The lowest BCUT2D eigenvalue weighted by atomic mass is 10.6. The summed E-state index contributed by atoms with van der Waals surface area (Å²) in [7, 11) is 0. The standard InChI is InChI=1S/C5H7NO2S2/c1-2-3-4-8-5(7)6(9)10/h2-4,9-10H,1H2. The van der Waals surface area contributed by atoms with Crippen molar-refractivity contribution in [3.8, 4) is 0 Å². The highest BCUT2D eigenvalue weighted by atomic mass is 32.2. The smallest absolute Gasteiger partial charge is 0.417 e. The number of hydrogen-bond donors (Lipinski definition) is 2. The molecule has 0 aliphatic carbocycles. The molecule has 3 nitrogen and oxygen atoms in total. The first-order valence-electron chi connectivity index (χ1n) is 2.34. The molecule has 0 aromatic rings. The normalized spacial score (nSPS) is 9.40. The summed E-state index contributed by atoms with van der Waals surface area (Å²) in [4.78, 5) is 10.5.